The number of fused-ring (bicyclic) bond motifs is 1. The number of hydrogen-bond donors (Lipinski definition) is 0. The Kier molecular flexibility index (Phi) is 5.37. The zero-order chi connectivity index (χ0) is 18.5. The normalized spacial score (nSPS) is 10.6. The van der Waals surface area contributed by atoms with E-state index in [0.29, 0.717) is 12.3 Å². The number of ether oxygens (including phenoxy) is 3. The highest BCUT2D eigenvalue weighted by Gasteiger charge is 2.15. The molecule has 0 aliphatic heterocycles. The number of carbonyl (C=O) groups excluding carboxylic acids is 1. The van der Waals surface area contributed by atoms with Gasteiger partial charge in [-0.2, -0.15) is 0 Å². The van der Waals surface area contributed by atoms with Crippen molar-refractivity contribution in [1.82, 2.24) is 4.98 Å². The van der Waals surface area contributed by atoms with Crippen molar-refractivity contribution in [2.24, 2.45) is 0 Å². The van der Waals surface area contributed by atoms with Crippen molar-refractivity contribution >= 4 is 16.9 Å². The SMILES string of the molecule is COc1ccc2nc(COC(C)=O)c(C)c(OCc3ccccc3)c2c1. The van der Waals surface area contributed by atoms with Crippen LogP contribution in [0.5, 0.6) is 11.5 Å². The first-order valence-corrected chi connectivity index (χ1v) is 8.36. The lowest BCUT2D eigenvalue weighted by Crippen LogP contribution is -2.06. The van der Waals surface area contributed by atoms with Gasteiger partial charge in [0, 0.05) is 17.9 Å². The summed E-state index contributed by atoms with van der Waals surface area (Å²) in [5, 5.41) is 0.865. The summed E-state index contributed by atoms with van der Waals surface area (Å²) in [6.07, 6.45) is 0. The van der Waals surface area contributed by atoms with Crippen molar-refractivity contribution in [3.8, 4) is 11.5 Å². The summed E-state index contributed by atoms with van der Waals surface area (Å²) in [4.78, 5) is 15.8. The number of carbonyl (C=O) groups is 1. The largest absolute Gasteiger partial charge is 0.497 e. The third-order valence-electron chi connectivity index (χ3n) is 4.12. The van der Waals surface area contributed by atoms with Gasteiger partial charge in [-0.3, -0.25) is 4.79 Å². The summed E-state index contributed by atoms with van der Waals surface area (Å²) in [5.41, 5.74) is 3.37. The minimum atomic E-state index is -0.340. The number of aromatic nitrogens is 1. The Hall–Kier alpha value is -3.08. The lowest BCUT2D eigenvalue weighted by molar-refractivity contribution is -0.142. The van der Waals surface area contributed by atoms with Gasteiger partial charge in [0.05, 0.1) is 18.3 Å². The first-order chi connectivity index (χ1) is 12.6. The molecular weight excluding hydrogens is 330 g/mol. The zero-order valence-corrected chi connectivity index (χ0v) is 15.1. The summed E-state index contributed by atoms with van der Waals surface area (Å²) in [7, 11) is 1.63. The van der Waals surface area contributed by atoms with E-state index in [2.05, 4.69) is 4.98 Å². The van der Waals surface area contributed by atoms with Crippen LogP contribution in [0.2, 0.25) is 0 Å². The molecule has 0 N–H and O–H groups in total. The van der Waals surface area contributed by atoms with Crippen LogP contribution in [0.4, 0.5) is 0 Å². The molecule has 5 nitrogen and oxygen atoms in total. The van der Waals surface area contributed by atoms with Crippen LogP contribution in [0.15, 0.2) is 48.5 Å². The maximum Gasteiger partial charge on any atom is 0.303 e. The van der Waals surface area contributed by atoms with E-state index in [9.17, 15) is 4.79 Å². The molecule has 26 heavy (non-hydrogen) atoms. The Balaban J connectivity index is 2.03. The van der Waals surface area contributed by atoms with E-state index < -0.39 is 0 Å². The molecule has 0 saturated heterocycles. The molecule has 5 heteroatoms. The van der Waals surface area contributed by atoms with E-state index in [4.69, 9.17) is 14.2 Å². The Morgan fingerprint density at radius 3 is 2.54 bits per heavy atom. The minimum absolute atomic E-state index is 0.116. The molecule has 1 heterocycles. The molecule has 3 aromatic rings. The highest BCUT2D eigenvalue weighted by atomic mass is 16.5. The molecule has 2 aromatic carbocycles. The number of hydrogen-bond acceptors (Lipinski definition) is 5. The van der Waals surface area contributed by atoms with Gasteiger partial charge in [0.1, 0.15) is 24.7 Å². The summed E-state index contributed by atoms with van der Waals surface area (Å²) in [5.74, 6) is 1.11. The number of esters is 1. The Bertz CT molecular complexity index is 922. The van der Waals surface area contributed by atoms with Gasteiger partial charge in [-0.05, 0) is 30.7 Å². The third kappa shape index (κ3) is 3.94. The topological polar surface area (TPSA) is 57.7 Å². The van der Waals surface area contributed by atoms with E-state index in [1.165, 1.54) is 6.92 Å². The van der Waals surface area contributed by atoms with Crippen molar-refractivity contribution in [1.29, 1.82) is 0 Å². The molecule has 0 amide bonds. The standard InChI is InChI=1S/C21H21NO4/c1-14-20(13-25-15(2)23)22-19-10-9-17(24-3)11-18(19)21(14)26-12-16-7-5-4-6-8-16/h4-11H,12-13H2,1-3H3. The highest BCUT2D eigenvalue weighted by molar-refractivity contribution is 5.88. The zero-order valence-electron chi connectivity index (χ0n) is 15.1. The van der Waals surface area contributed by atoms with Crippen LogP contribution in [0, 0.1) is 6.92 Å². The number of pyridine rings is 1. The van der Waals surface area contributed by atoms with Crippen molar-refractivity contribution in [2.45, 2.75) is 27.1 Å². The van der Waals surface area contributed by atoms with Gasteiger partial charge >= 0.3 is 5.97 Å². The number of methoxy groups -OCH3 is 1. The average molecular weight is 351 g/mol. The van der Waals surface area contributed by atoms with Crippen molar-refractivity contribution in [2.75, 3.05) is 7.11 Å². The van der Waals surface area contributed by atoms with Crippen LogP contribution >= 0.6 is 0 Å². The summed E-state index contributed by atoms with van der Waals surface area (Å²) >= 11 is 0. The van der Waals surface area contributed by atoms with Gasteiger partial charge < -0.3 is 14.2 Å². The number of benzene rings is 2. The molecule has 0 saturated carbocycles. The predicted octanol–water partition coefficient (Wildman–Crippen LogP) is 4.19. The second-order valence-electron chi connectivity index (χ2n) is 5.95. The molecule has 0 aliphatic carbocycles. The van der Waals surface area contributed by atoms with E-state index in [0.717, 1.165) is 33.5 Å². The minimum Gasteiger partial charge on any atom is -0.497 e. The van der Waals surface area contributed by atoms with Gasteiger partial charge in [-0.25, -0.2) is 4.98 Å². The smallest absolute Gasteiger partial charge is 0.303 e. The van der Waals surface area contributed by atoms with Crippen LogP contribution in [0.25, 0.3) is 10.9 Å². The lowest BCUT2D eigenvalue weighted by atomic mass is 10.1. The monoisotopic (exact) mass is 351 g/mol. The average Bonchev–Trinajstić information content (AvgIpc) is 2.66. The molecule has 0 spiro atoms. The van der Waals surface area contributed by atoms with Crippen molar-refractivity contribution in [3.05, 3.63) is 65.4 Å². The molecular formula is C21H21NO4. The van der Waals surface area contributed by atoms with Gasteiger partial charge in [0.15, 0.2) is 0 Å². The second-order valence-corrected chi connectivity index (χ2v) is 5.95. The molecule has 0 aliphatic rings. The van der Waals surface area contributed by atoms with Gasteiger partial charge in [-0.1, -0.05) is 30.3 Å². The molecule has 0 fully saturated rings. The van der Waals surface area contributed by atoms with E-state index >= 15 is 0 Å². The van der Waals surface area contributed by atoms with Crippen LogP contribution in [0.1, 0.15) is 23.7 Å². The molecule has 3 rings (SSSR count). The van der Waals surface area contributed by atoms with Gasteiger partial charge in [0.2, 0.25) is 0 Å². The van der Waals surface area contributed by atoms with Crippen LogP contribution in [-0.4, -0.2) is 18.1 Å². The number of nitrogens with zero attached hydrogens (tertiary/aromatic N) is 1. The van der Waals surface area contributed by atoms with Gasteiger partial charge in [0.25, 0.3) is 0 Å². The summed E-state index contributed by atoms with van der Waals surface area (Å²) in [6.45, 7) is 3.86. The van der Waals surface area contributed by atoms with Crippen molar-refractivity contribution < 1.29 is 19.0 Å². The van der Waals surface area contributed by atoms with Crippen LogP contribution in [-0.2, 0) is 22.7 Å². The fourth-order valence-corrected chi connectivity index (χ4v) is 2.71. The Labute approximate surface area is 152 Å². The van der Waals surface area contributed by atoms with Crippen LogP contribution in [0.3, 0.4) is 0 Å². The highest BCUT2D eigenvalue weighted by Crippen LogP contribution is 2.33. The molecule has 0 unspecified atom stereocenters. The third-order valence-corrected chi connectivity index (χ3v) is 4.12. The first kappa shape index (κ1) is 17.7. The fourth-order valence-electron chi connectivity index (χ4n) is 2.71. The van der Waals surface area contributed by atoms with Crippen LogP contribution < -0.4 is 9.47 Å². The maximum atomic E-state index is 11.2. The lowest BCUT2D eigenvalue weighted by Gasteiger charge is -2.16. The second kappa shape index (κ2) is 7.87. The molecule has 134 valence electrons. The fraction of sp³-hybridized carbons (Fsp3) is 0.238. The molecule has 1 aromatic heterocycles. The Morgan fingerprint density at radius 1 is 1.08 bits per heavy atom. The summed E-state index contributed by atoms with van der Waals surface area (Å²) < 4.78 is 16.6. The maximum absolute atomic E-state index is 11.2. The Morgan fingerprint density at radius 2 is 1.85 bits per heavy atom. The molecule has 0 atom stereocenters. The predicted molar refractivity (Wildman–Crippen MR) is 99.3 cm³/mol. The van der Waals surface area contributed by atoms with E-state index in [1.54, 1.807) is 7.11 Å². The van der Waals surface area contributed by atoms with Gasteiger partial charge in [-0.15, -0.1) is 0 Å². The first-order valence-electron chi connectivity index (χ1n) is 8.36. The molecule has 0 radical (unpaired) electrons. The molecule has 0 bridgehead atoms. The summed E-state index contributed by atoms with van der Waals surface area (Å²) in [6, 6.07) is 15.6. The van der Waals surface area contributed by atoms with Crippen molar-refractivity contribution in [3.63, 3.8) is 0 Å². The quantitative estimate of drug-likeness (QED) is 0.623. The number of rotatable bonds is 6. The van der Waals surface area contributed by atoms with E-state index in [1.807, 2.05) is 55.5 Å². The van der Waals surface area contributed by atoms with E-state index in [-0.39, 0.29) is 12.6 Å².